The Hall–Kier alpha value is -3.88. The normalized spacial score (nSPS) is 14.4. The third-order valence-corrected chi connectivity index (χ3v) is 5.14. The van der Waals surface area contributed by atoms with Crippen molar-refractivity contribution in [3.05, 3.63) is 102 Å². The molecule has 0 atom stereocenters. The van der Waals surface area contributed by atoms with Gasteiger partial charge in [-0.25, -0.2) is 14.4 Å². The average Bonchev–Trinajstić information content (AvgIpc) is 3.30. The molecule has 1 fully saturated rings. The van der Waals surface area contributed by atoms with Crippen molar-refractivity contribution in [2.24, 2.45) is 0 Å². The first-order valence-corrected chi connectivity index (χ1v) is 10.5. The van der Waals surface area contributed by atoms with Gasteiger partial charge in [0.2, 0.25) is 12.2 Å². The largest absolute Gasteiger partial charge is 0.350 e. The summed E-state index contributed by atoms with van der Waals surface area (Å²) in [7, 11) is 0. The molecule has 2 aromatic heterocycles. The number of nitrogens with zero attached hydrogens (tertiary/aromatic N) is 4. The van der Waals surface area contributed by atoms with E-state index in [9.17, 15) is 4.39 Å². The highest BCUT2D eigenvalue weighted by atomic mass is 19.1. The summed E-state index contributed by atoms with van der Waals surface area (Å²) in [4.78, 5) is 13.7. The van der Waals surface area contributed by atoms with Crippen LogP contribution in [0.15, 0.2) is 85.2 Å². The monoisotopic (exact) mass is 443 g/mol. The number of anilines is 1. The topological polar surface area (TPSA) is 74.1 Å². The van der Waals surface area contributed by atoms with Crippen LogP contribution < -0.4 is 5.32 Å². The summed E-state index contributed by atoms with van der Waals surface area (Å²) < 4.78 is 26.9. The van der Waals surface area contributed by atoms with Crippen molar-refractivity contribution in [3.63, 3.8) is 0 Å². The Balaban J connectivity index is 1.48. The van der Waals surface area contributed by atoms with Gasteiger partial charge in [-0.05, 0) is 41.5 Å². The maximum atomic E-state index is 13.4. The lowest BCUT2D eigenvalue weighted by molar-refractivity contribution is -0.166. The molecule has 0 saturated carbocycles. The Kier molecular flexibility index (Phi) is 5.93. The van der Waals surface area contributed by atoms with E-state index in [0.29, 0.717) is 43.0 Å². The number of imidazole rings is 1. The lowest BCUT2D eigenvalue weighted by Crippen LogP contribution is -2.22. The molecule has 5 rings (SSSR count). The first-order valence-electron chi connectivity index (χ1n) is 10.5. The molecule has 0 amide bonds. The molecule has 0 bridgehead atoms. The Labute approximate surface area is 190 Å². The van der Waals surface area contributed by atoms with Gasteiger partial charge in [0, 0.05) is 24.5 Å². The van der Waals surface area contributed by atoms with Crippen molar-refractivity contribution in [3.8, 4) is 17.1 Å². The van der Waals surface area contributed by atoms with Crippen molar-refractivity contribution < 1.29 is 13.9 Å². The van der Waals surface area contributed by atoms with E-state index in [0.717, 1.165) is 16.7 Å². The molecule has 1 aliphatic heterocycles. The van der Waals surface area contributed by atoms with Gasteiger partial charge in [-0.2, -0.15) is 4.98 Å². The van der Waals surface area contributed by atoms with Gasteiger partial charge in [-0.15, -0.1) is 0 Å². The van der Waals surface area contributed by atoms with Crippen LogP contribution in [-0.2, 0) is 16.0 Å². The van der Waals surface area contributed by atoms with E-state index < -0.39 is 6.29 Å². The zero-order chi connectivity index (χ0) is 22.6. The second-order valence-corrected chi connectivity index (χ2v) is 7.64. The molecule has 4 aromatic rings. The zero-order valence-electron chi connectivity index (χ0n) is 17.8. The van der Waals surface area contributed by atoms with E-state index in [1.54, 1.807) is 24.4 Å². The maximum absolute atomic E-state index is 13.4. The van der Waals surface area contributed by atoms with Gasteiger partial charge < -0.3 is 14.8 Å². The first-order chi connectivity index (χ1) is 16.2. The van der Waals surface area contributed by atoms with Crippen LogP contribution in [0.1, 0.15) is 17.7 Å². The number of halogens is 1. The van der Waals surface area contributed by atoms with Gasteiger partial charge in [-0.3, -0.25) is 4.57 Å². The molecule has 2 aromatic carbocycles. The molecule has 166 valence electrons. The van der Waals surface area contributed by atoms with Crippen molar-refractivity contribution in [1.82, 2.24) is 19.5 Å². The Bertz CT molecular complexity index is 1250. The van der Waals surface area contributed by atoms with Gasteiger partial charge in [0.15, 0.2) is 5.82 Å². The van der Waals surface area contributed by atoms with Crippen molar-refractivity contribution >= 4 is 5.95 Å². The number of hydrogen-bond acceptors (Lipinski definition) is 6. The molecule has 7 nitrogen and oxygen atoms in total. The molecule has 33 heavy (non-hydrogen) atoms. The number of nitrogens with one attached hydrogen (secondary N) is 1. The number of rotatable bonds is 6. The first kappa shape index (κ1) is 21.0. The molecule has 0 aliphatic carbocycles. The Morgan fingerprint density at radius 1 is 1.00 bits per heavy atom. The fourth-order valence-electron chi connectivity index (χ4n) is 3.48. The number of aromatic nitrogens is 4. The third kappa shape index (κ3) is 4.82. The lowest BCUT2D eigenvalue weighted by atomic mass is 10.2. The number of hydrogen-bond donors (Lipinski definition) is 1. The van der Waals surface area contributed by atoms with Gasteiger partial charge in [-0.1, -0.05) is 36.9 Å². The summed E-state index contributed by atoms with van der Waals surface area (Å²) in [6.45, 7) is 5.27. The minimum absolute atomic E-state index is 0.305. The van der Waals surface area contributed by atoms with Crippen molar-refractivity contribution in [1.29, 1.82) is 0 Å². The summed E-state index contributed by atoms with van der Waals surface area (Å²) >= 11 is 0. The SMILES string of the molecule is C=C1COC(c2nc(-c3ccc(F)cc3)cn2-c2ccnc(NCc3ccccc3)n2)OC1. The van der Waals surface area contributed by atoms with E-state index in [1.807, 2.05) is 41.1 Å². The molecule has 1 aliphatic rings. The van der Waals surface area contributed by atoms with Crippen LogP contribution in [0.4, 0.5) is 10.3 Å². The van der Waals surface area contributed by atoms with Crippen LogP contribution in [0.3, 0.4) is 0 Å². The van der Waals surface area contributed by atoms with Crippen LogP contribution >= 0.6 is 0 Å². The van der Waals surface area contributed by atoms with Gasteiger partial charge in [0.05, 0.1) is 18.9 Å². The van der Waals surface area contributed by atoms with Crippen LogP contribution in [-0.4, -0.2) is 32.7 Å². The van der Waals surface area contributed by atoms with Crippen LogP contribution in [0.25, 0.3) is 17.1 Å². The molecule has 1 saturated heterocycles. The minimum atomic E-state index is -0.680. The quantitative estimate of drug-likeness (QED) is 0.436. The summed E-state index contributed by atoms with van der Waals surface area (Å²) in [6.07, 6.45) is 2.84. The van der Waals surface area contributed by atoms with Crippen LogP contribution in [0.5, 0.6) is 0 Å². The second kappa shape index (κ2) is 9.32. The second-order valence-electron chi connectivity index (χ2n) is 7.64. The van der Waals surface area contributed by atoms with Gasteiger partial charge in [0.1, 0.15) is 11.6 Å². The lowest BCUT2D eigenvalue weighted by Gasteiger charge is -2.24. The van der Waals surface area contributed by atoms with Gasteiger partial charge >= 0.3 is 0 Å². The summed E-state index contributed by atoms with van der Waals surface area (Å²) in [5, 5.41) is 3.25. The van der Waals surface area contributed by atoms with E-state index >= 15 is 0 Å². The smallest absolute Gasteiger partial charge is 0.224 e. The Morgan fingerprint density at radius 3 is 2.52 bits per heavy atom. The highest BCUT2D eigenvalue weighted by Gasteiger charge is 2.26. The molecule has 0 radical (unpaired) electrons. The molecular weight excluding hydrogens is 421 g/mol. The van der Waals surface area contributed by atoms with Crippen molar-refractivity contribution in [2.75, 3.05) is 18.5 Å². The molecular formula is C25H22FN5O2. The predicted molar refractivity (Wildman–Crippen MR) is 122 cm³/mol. The van der Waals surface area contributed by atoms with Crippen LogP contribution in [0, 0.1) is 5.82 Å². The molecule has 0 spiro atoms. The fourth-order valence-corrected chi connectivity index (χ4v) is 3.48. The standard InChI is InChI=1S/C25H22FN5O2/c1-17-15-32-24(33-16-17)23-29-21(19-7-9-20(26)10-8-19)14-31(23)22-11-12-27-25(30-22)28-13-18-5-3-2-4-6-18/h2-12,14,24H,1,13,15-16H2,(H,27,28,30). The predicted octanol–water partition coefficient (Wildman–Crippen LogP) is 4.68. The number of benzene rings is 2. The third-order valence-electron chi connectivity index (χ3n) is 5.14. The van der Waals surface area contributed by atoms with E-state index in [1.165, 1.54) is 12.1 Å². The van der Waals surface area contributed by atoms with Crippen molar-refractivity contribution in [2.45, 2.75) is 12.8 Å². The minimum Gasteiger partial charge on any atom is -0.350 e. The number of ether oxygens (including phenoxy) is 2. The molecule has 3 heterocycles. The molecule has 0 unspecified atom stereocenters. The highest BCUT2D eigenvalue weighted by molar-refractivity contribution is 5.59. The van der Waals surface area contributed by atoms with E-state index in [2.05, 4.69) is 21.9 Å². The Morgan fingerprint density at radius 2 is 1.76 bits per heavy atom. The maximum Gasteiger partial charge on any atom is 0.224 e. The molecule has 8 heteroatoms. The summed E-state index contributed by atoms with van der Waals surface area (Å²) in [5.41, 5.74) is 3.40. The van der Waals surface area contributed by atoms with Crippen LogP contribution in [0.2, 0.25) is 0 Å². The molecule has 1 N–H and O–H groups in total. The average molecular weight is 443 g/mol. The van der Waals surface area contributed by atoms with E-state index in [-0.39, 0.29) is 5.82 Å². The highest BCUT2D eigenvalue weighted by Crippen LogP contribution is 2.29. The summed E-state index contributed by atoms with van der Waals surface area (Å²) in [6, 6.07) is 18.0. The summed E-state index contributed by atoms with van der Waals surface area (Å²) in [5.74, 6) is 1.32. The van der Waals surface area contributed by atoms with E-state index in [4.69, 9.17) is 14.5 Å². The van der Waals surface area contributed by atoms with Gasteiger partial charge in [0.25, 0.3) is 0 Å². The fraction of sp³-hybridized carbons (Fsp3) is 0.160. The zero-order valence-corrected chi connectivity index (χ0v) is 17.8.